The topological polar surface area (TPSA) is 155 Å². The lowest BCUT2D eigenvalue weighted by atomic mass is 9.78. The van der Waals surface area contributed by atoms with Gasteiger partial charge in [0.1, 0.15) is 6.04 Å². The average molecular weight is 668 g/mol. The summed E-state index contributed by atoms with van der Waals surface area (Å²) in [5.41, 5.74) is 4.17. The quantitative estimate of drug-likeness (QED) is 0.460. The molecular formula is C34H45N5O7S. The van der Waals surface area contributed by atoms with Crippen LogP contribution in [0.5, 0.6) is 0 Å². The molecule has 3 aliphatic heterocycles. The lowest BCUT2D eigenvalue weighted by Crippen LogP contribution is -2.60. The first-order valence-electron chi connectivity index (χ1n) is 16.3. The number of carbonyl (C=O) groups excluding carboxylic acids is 4. The predicted octanol–water partition coefficient (Wildman–Crippen LogP) is 2.93. The number of pyridine rings is 1. The molecule has 12 nitrogen and oxygen atoms in total. The van der Waals surface area contributed by atoms with Crippen molar-refractivity contribution in [2.45, 2.75) is 83.9 Å². The second-order valence-corrected chi connectivity index (χ2v) is 15.5. The van der Waals surface area contributed by atoms with E-state index in [0.29, 0.717) is 19.4 Å². The standard InChI is InChI=1S/C34H45N5O7S/c1-21(2)30-31(41)35-23(4)32(42)39-16-6-7-27(37-39)29(40)19-22(3)26-11-10-25-9-8-24(20-28(25)36-26)12-13-34(33(43)46-30)14-17-38(18-15-34)47(5,44)45/h8-13,20-23,27,30,37H,6-7,14-19H2,1-5H3,(H,35,41)/b13-12+/t22-,23-,27-,30?/m0/s1. The Labute approximate surface area is 276 Å². The molecule has 1 aromatic heterocycles. The SMILES string of the molecule is CC(C)C1OC(=O)C2(/C=C/c3ccc4ccc(nc4c3)[C@@H](C)CC(=O)[C@@H]3CCCN(N3)C(=O)[C@H](C)NC1=O)CCN(S(C)(=O)=O)CC2. The van der Waals surface area contributed by atoms with Crippen molar-refractivity contribution in [3.63, 3.8) is 0 Å². The lowest BCUT2D eigenvalue weighted by Gasteiger charge is -2.38. The van der Waals surface area contributed by atoms with Crippen LogP contribution in [0.4, 0.5) is 0 Å². The van der Waals surface area contributed by atoms with E-state index < -0.39 is 57.3 Å². The van der Waals surface area contributed by atoms with Crippen LogP contribution in [-0.4, -0.2) is 90.4 Å². The summed E-state index contributed by atoms with van der Waals surface area (Å²) >= 11 is 0. The second-order valence-electron chi connectivity index (χ2n) is 13.5. The molecule has 0 saturated carbocycles. The molecule has 4 heterocycles. The molecule has 47 heavy (non-hydrogen) atoms. The molecule has 1 spiro atoms. The number of sulfonamides is 1. The highest BCUT2D eigenvalue weighted by Gasteiger charge is 2.44. The summed E-state index contributed by atoms with van der Waals surface area (Å²) in [7, 11) is -3.47. The maximum Gasteiger partial charge on any atom is 0.316 e. The fourth-order valence-corrected chi connectivity index (χ4v) is 7.33. The Balaban J connectivity index is 1.54. The molecule has 254 valence electrons. The van der Waals surface area contributed by atoms with Gasteiger partial charge in [-0.3, -0.25) is 29.2 Å². The molecule has 2 fully saturated rings. The highest BCUT2D eigenvalue weighted by Crippen LogP contribution is 2.37. The molecule has 5 rings (SSSR count). The van der Waals surface area contributed by atoms with E-state index in [9.17, 15) is 27.6 Å². The Hall–Kier alpha value is -3.68. The number of benzene rings is 1. The Bertz CT molecular complexity index is 1680. The molecule has 2 N–H and O–H groups in total. The number of hydrazine groups is 1. The Morgan fingerprint density at radius 3 is 2.40 bits per heavy atom. The molecule has 0 radical (unpaired) electrons. The van der Waals surface area contributed by atoms with Gasteiger partial charge in [0.15, 0.2) is 11.9 Å². The van der Waals surface area contributed by atoms with Crippen LogP contribution in [0, 0.1) is 11.3 Å². The number of nitrogens with zero attached hydrogens (tertiary/aromatic N) is 3. The minimum absolute atomic E-state index is 0.0184. The molecule has 5 bridgehead atoms. The van der Waals surface area contributed by atoms with Gasteiger partial charge in [-0.05, 0) is 56.2 Å². The molecule has 0 aliphatic carbocycles. The third-order valence-corrected chi connectivity index (χ3v) is 10.8. The summed E-state index contributed by atoms with van der Waals surface area (Å²) in [5, 5.41) is 5.03. The van der Waals surface area contributed by atoms with Gasteiger partial charge in [0.2, 0.25) is 10.0 Å². The summed E-state index contributed by atoms with van der Waals surface area (Å²) in [6, 6.07) is 8.16. The maximum absolute atomic E-state index is 14.0. The van der Waals surface area contributed by atoms with Crippen LogP contribution in [0.3, 0.4) is 0 Å². The summed E-state index contributed by atoms with van der Waals surface area (Å²) in [6.45, 7) is 7.63. The van der Waals surface area contributed by atoms with Crippen LogP contribution in [0.15, 0.2) is 36.4 Å². The van der Waals surface area contributed by atoms with Crippen LogP contribution >= 0.6 is 0 Å². The van der Waals surface area contributed by atoms with Gasteiger partial charge in [-0.25, -0.2) is 18.1 Å². The highest BCUT2D eigenvalue weighted by molar-refractivity contribution is 7.88. The maximum atomic E-state index is 14.0. The molecular weight excluding hydrogens is 622 g/mol. The van der Waals surface area contributed by atoms with Crippen molar-refractivity contribution in [2.75, 3.05) is 25.9 Å². The molecule has 2 amide bonds. The third kappa shape index (κ3) is 7.73. The lowest BCUT2D eigenvalue weighted by molar-refractivity contribution is -0.168. The van der Waals surface area contributed by atoms with E-state index in [0.717, 1.165) is 28.4 Å². The number of fused-ring (bicyclic) bond motifs is 4. The van der Waals surface area contributed by atoms with Gasteiger partial charge in [0, 0.05) is 43.1 Å². The van der Waals surface area contributed by atoms with Gasteiger partial charge in [-0.15, -0.1) is 0 Å². The molecule has 13 heteroatoms. The van der Waals surface area contributed by atoms with Crippen LogP contribution in [0.2, 0.25) is 0 Å². The molecule has 3 aliphatic rings. The smallest absolute Gasteiger partial charge is 0.316 e. The van der Waals surface area contributed by atoms with Crippen molar-refractivity contribution in [3.8, 4) is 0 Å². The van der Waals surface area contributed by atoms with Gasteiger partial charge >= 0.3 is 5.97 Å². The fraction of sp³-hybridized carbons (Fsp3) is 0.559. The number of hydrogen-bond donors (Lipinski definition) is 2. The van der Waals surface area contributed by atoms with Crippen molar-refractivity contribution < 1.29 is 32.3 Å². The largest absolute Gasteiger partial charge is 0.451 e. The predicted molar refractivity (Wildman–Crippen MR) is 177 cm³/mol. The number of nitrogens with one attached hydrogen (secondary N) is 2. The van der Waals surface area contributed by atoms with Gasteiger partial charge < -0.3 is 10.1 Å². The molecule has 1 aromatic carbocycles. The van der Waals surface area contributed by atoms with E-state index in [4.69, 9.17) is 9.72 Å². The van der Waals surface area contributed by atoms with Gasteiger partial charge in [0.25, 0.3) is 11.8 Å². The summed E-state index contributed by atoms with van der Waals surface area (Å²) in [6.07, 6.45) is 5.30. The van der Waals surface area contributed by atoms with Crippen molar-refractivity contribution in [1.29, 1.82) is 0 Å². The van der Waals surface area contributed by atoms with Crippen molar-refractivity contribution in [3.05, 3.63) is 47.7 Å². The normalized spacial score (nSPS) is 27.6. The fourth-order valence-electron chi connectivity index (χ4n) is 6.48. The van der Waals surface area contributed by atoms with Crippen molar-refractivity contribution >= 4 is 50.6 Å². The number of piperidine rings is 1. The first-order chi connectivity index (χ1) is 22.2. The van der Waals surface area contributed by atoms with Crippen LogP contribution in [-0.2, 0) is 33.9 Å². The number of ether oxygens (including phenoxy) is 1. The van der Waals surface area contributed by atoms with E-state index in [1.165, 1.54) is 9.31 Å². The number of Topliss-reactive ketones (excluding diaryl/α,β-unsaturated/α-hetero) is 1. The monoisotopic (exact) mass is 667 g/mol. The van der Waals surface area contributed by atoms with Gasteiger partial charge in [-0.2, -0.15) is 0 Å². The van der Waals surface area contributed by atoms with Crippen LogP contribution < -0.4 is 10.7 Å². The van der Waals surface area contributed by atoms with E-state index >= 15 is 0 Å². The van der Waals surface area contributed by atoms with E-state index in [1.54, 1.807) is 26.8 Å². The minimum Gasteiger partial charge on any atom is -0.451 e. The van der Waals surface area contributed by atoms with Gasteiger partial charge in [-0.1, -0.05) is 51.1 Å². The average Bonchev–Trinajstić information content (AvgIpc) is 3.04. The van der Waals surface area contributed by atoms with Crippen molar-refractivity contribution in [1.82, 2.24) is 25.0 Å². The zero-order chi connectivity index (χ0) is 34.1. The number of aromatic nitrogens is 1. The van der Waals surface area contributed by atoms with E-state index in [-0.39, 0.29) is 44.1 Å². The number of esters is 1. The third-order valence-electron chi connectivity index (χ3n) is 9.50. The number of cyclic esters (lactones) is 1. The number of rotatable bonds is 2. The minimum atomic E-state index is -3.47. The highest BCUT2D eigenvalue weighted by atomic mass is 32.2. The number of hydrogen-bond acceptors (Lipinski definition) is 9. The van der Waals surface area contributed by atoms with Crippen LogP contribution in [0.1, 0.15) is 77.0 Å². The molecule has 1 unspecified atom stereocenters. The number of ketones is 1. The first-order valence-corrected chi connectivity index (χ1v) is 18.2. The summed E-state index contributed by atoms with van der Waals surface area (Å²) in [4.78, 5) is 59.2. The Morgan fingerprint density at radius 1 is 1.02 bits per heavy atom. The summed E-state index contributed by atoms with van der Waals surface area (Å²) in [5.74, 6) is -2.25. The number of amides is 2. The zero-order valence-electron chi connectivity index (χ0n) is 27.7. The molecule has 2 saturated heterocycles. The Kier molecular flexibility index (Phi) is 10.2. The van der Waals surface area contributed by atoms with Gasteiger partial charge in [0.05, 0.1) is 23.2 Å². The second kappa shape index (κ2) is 13.8. The first kappa shape index (κ1) is 34.6. The zero-order valence-corrected chi connectivity index (χ0v) is 28.5. The summed E-state index contributed by atoms with van der Waals surface area (Å²) < 4.78 is 31.9. The molecule has 4 atom stereocenters. The number of carbonyl (C=O) groups is 4. The van der Waals surface area contributed by atoms with Crippen molar-refractivity contribution in [2.24, 2.45) is 11.3 Å². The van der Waals surface area contributed by atoms with E-state index in [1.807, 2.05) is 43.3 Å². The van der Waals surface area contributed by atoms with Crippen LogP contribution in [0.25, 0.3) is 17.0 Å². The molecule has 2 aromatic rings. The van der Waals surface area contributed by atoms with E-state index in [2.05, 4.69) is 10.7 Å². The Morgan fingerprint density at radius 2 is 1.72 bits per heavy atom.